The second-order valence-corrected chi connectivity index (χ2v) is 2.76. The molecule has 0 spiro atoms. The maximum atomic E-state index is 11.5. The fraction of sp³-hybridized carbons (Fsp3) is 0.857. The summed E-state index contributed by atoms with van der Waals surface area (Å²) in [4.78, 5) is 10.7. The molecule has 0 rings (SSSR count). The third kappa shape index (κ3) is 9.27. The number of hydrogen-bond acceptors (Lipinski definition) is 3. The molecule has 0 fully saturated rings. The molecular formula is C7H12F3NO3. The van der Waals surface area contributed by atoms with Crippen LogP contribution in [0, 0.1) is 0 Å². The second kappa shape index (κ2) is 5.82. The molecule has 2 N–H and O–H groups in total. The van der Waals surface area contributed by atoms with Gasteiger partial charge in [-0.3, -0.25) is 4.79 Å². The number of aliphatic hydroxyl groups is 1. The minimum atomic E-state index is -4.43. The number of aliphatic hydroxyl groups excluding tert-OH is 1. The van der Waals surface area contributed by atoms with Gasteiger partial charge < -0.3 is 15.2 Å². The van der Waals surface area contributed by atoms with Crippen molar-refractivity contribution in [1.29, 1.82) is 0 Å². The SMILES string of the molecule is C[C@@H](O)CNC(=O)COCC(F)(F)F. The maximum Gasteiger partial charge on any atom is 0.411 e. The van der Waals surface area contributed by atoms with Gasteiger partial charge in [0.15, 0.2) is 0 Å². The number of nitrogens with one attached hydrogen (secondary N) is 1. The summed E-state index contributed by atoms with van der Waals surface area (Å²) < 4.78 is 38.6. The van der Waals surface area contributed by atoms with Crippen LogP contribution in [-0.4, -0.2) is 43.1 Å². The van der Waals surface area contributed by atoms with E-state index in [9.17, 15) is 18.0 Å². The summed E-state index contributed by atoms with van der Waals surface area (Å²) in [6.07, 6.45) is -5.16. The van der Waals surface area contributed by atoms with Crippen molar-refractivity contribution in [2.45, 2.75) is 19.2 Å². The summed E-state index contributed by atoms with van der Waals surface area (Å²) in [6.45, 7) is -0.674. The highest BCUT2D eigenvalue weighted by atomic mass is 19.4. The van der Waals surface area contributed by atoms with Crippen molar-refractivity contribution >= 4 is 5.91 Å². The van der Waals surface area contributed by atoms with Gasteiger partial charge in [-0.05, 0) is 6.92 Å². The summed E-state index contributed by atoms with van der Waals surface area (Å²) in [7, 11) is 0. The predicted octanol–water partition coefficient (Wildman–Crippen LogP) is 0.0623. The van der Waals surface area contributed by atoms with Crippen LogP contribution in [0.4, 0.5) is 13.2 Å². The number of halogens is 3. The Labute approximate surface area is 79.0 Å². The predicted molar refractivity (Wildman–Crippen MR) is 41.6 cm³/mol. The van der Waals surface area contributed by atoms with E-state index >= 15 is 0 Å². The lowest BCUT2D eigenvalue weighted by Gasteiger charge is -2.09. The molecule has 0 saturated heterocycles. The Morgan fingerprint density at radius 1 is 1.57 bits per heavy atom. The molecule has 0 aromatic carbocycles. The van der Waals surface area contributed by atoms with Gasteiger partial charge in [-0.2, -0.15) is 13.2 Å². The monoisotopic (exact) mass is 215 g/mol. The lowest BCUT2D eigenvalue weighted by molar-refractivity contribution is -0.175. The number of rotatable bonds is 5. The lowest BCUT2D eigenvalue weighted by Crippen LogP contribution is -2.34. The molecule has 0 bridgehead atoms. The molecule has 0 heterocycles. The zero-order valence-electron chi connectivity index (χ0n) is 7.60. The van der Waals surface area contributed by atoms with Crippen LogP contribution >= 0.6 is 0 Å². The molecule has 4 nitrogen and oxygen atoms in total. The first-order valence-corrected chi connectivity index (χ1v) is 3.90. The summed E-state index contributed by atoms with van der Waals surface area (Å²) in [6, 6.07) is 0. The van der Waals surface area contributed by atoms with Crippen molar-refractivity contribution < 1.29 is 27.8 Å². The van der Waals surface area contributed by atoms with Crippen molar-refractivity contribution in [3.05, 3.63) is 0 Å². The lowest BCUT2D eigenvalue weighted by atomic mass is 10.4. The number of amides is 1. The van der Waals surface area contributed by atoms with Gasteiger partial charge in [-0.15, -0.1) is 0 Å². The third-order valence-electron chi connectivity index (χ3n) is 1.09. The van der Waals surface area contributed by atoms with Crippen molar-refractivity contribution in [2.24, 2.45) is 0 Å². The van der Waals surface area contributed by atoms with Gasteiger partial charge in [0.1, 0.15) is 13.2 Å². The quantitative estimate of drug-likeness (QED) is 0.682. The van der Waals surface area contributed by atoms with E-state index < -0.39 is 31.4 Å². The van der Waals surface area contributed by atoms with E-state index in [2.05, 4.69) is 10.1 Å². The fourth-order valence-corrected chi connectivity index (χ4v) is 0.572. The van der Waals surface area contributed by atoms with Crippen LogP contribution in [0.15, 0.2) is 0 Å². The Balaban J connectivity index is 3.46. The molecule has 1 atom stereocenters. The van der Waals surface area contributed by atoms with Crippen molar-refractivity contribution in [3.63, 3.8) is 0 Å². The van der Waals surface area contributed by atoms with Gasteiger partial charge >= 0.3 is 6.18 Å². The van der Waals surface area contributed by atoms with Crippen LogP contribution in [0.3, 0.4) is 0 Å². The van der Waals surface area contributed by atoms with Crippen LogP contribution in [-0.2, 0) is 9.53 Å². The molecule has 0 aliphatic heterocycles. The first-order chi connectivity index (χ1) is 6.31. The Morgan fingerprint density at radius 2 is 2.14 bits per heavy atom. The molecule has 0 saturated carbocycles. The van der Waals surface area contributed by atoms with Crippen molar-refractivity contribution in [2.75, 3.05) is 19.8 Å². The minimum Gasteiger partial charge on any atom is -0.392 e. The van der Waals surface area contributed by atoms with E-state index in [0.29, 0.717) is 0 Å². The van der Waals surface area contributed by atoms with Crippen LogP contribution < -0.4 is 5.32 Å². The Morgan fingerprint density at radius 3 is 2.57 bits per heavy atom. The molecule has 0 aromatic heterocycles. The van der Waals surface area contributed by atoms with E-state index in [1.54, 1.807) is 0 Å². The second-order valence-electron chi connectivity index (χ2n) is 2.76. The maximum absolute atomic E-state index is 11.5. The molecule has 14 heavy (non-hydrogen) atoms. The molecule has 1 amide bonds. The zero-order valence-corrected chi connectivity index (χ0v) is 7.60. The molecule has 0 aromatic rings. The van der Waals surface area contributed by atoms with Gasteiger partial charge in [-0.1, -0.05) is 0 Å². The zero-order chi connectivity index (χ0) is 11.2. The fourth-order valence-electron chi connectivity index (χ4n) is 0.572. The molecule has 0 aliphatic carbocycles. The van der Waals surface area contributed by atoms with Gasteiger partial charge in [0.05, 0.1) is 6.10 Å². The molecule has 84 valence electrons. The van der Waals surface area contributed by atoms with Gasteiger partial charge in [0.2, 0.25) is 5.91 Å². The third-order valence-corrected chi connectivity index (χ3v) is 1.09. The first-order valence-electron chi connectivity index (χ1n) is 3.90. The number of carbonyl (C=O) groups is 1. The van der Waals surface area contributed by atoms with Crippen LogP contribution in [0.25, 0.3) is 0 Å². The van der Waals surface area contributed by atoms with Gasteiger partial charge in [0.25, 0.3) is 0 Å². The van der Waals surface area contributed by atoms with Gasteiger partial charge in [0, 0.05) is 6.54 Å². The summed E-state index contributed by atoms with van der Waals surface area (Å²) >= 11 is 0. The van der Waals surface area contributed by atoms with Crippen LogP contribution in [0.1, 0.15) is 6.92 Å². The largest absolute Gasteiger partial charge is 0.411 e. The van der Waals surface area contributed by atoms with E-state index in [0.717, 1.165) is 0 Å². The topological polar surface area (TPSA) is 58.6 Å². The minimum absolute atomic E-state index is 0.00574. The standard InChI is InChI=1S/C7H12F3NO3/c1-5(12)2-11-6(13)3-14-4-7(8,9)10/h5,12H,2-4H2,1H3,(H,11,13)/t5-/m1/s1. The summed E-state index contributed by atoms with van der Waals surface area (Å²) in [5.41, 5.74) is 0. The molecule has 0 radical (unpaired) electrons. The van der Waals surface area contributed by atoms with E-state index in [4.69, 9.17) is 5.11 Å². The highest BCUT2D eigenvalue weighted by Gasteiger charge is 2.27. The molecule has 0 unspecified atom stereocenters. The van der Waals surface area contributed by atoms with E-state index in [1.165, 1.54) is 6.92 Å². The van der Waals surface area contributed by atoms with E-state index in [1.807, 2.05) is 0 Å². The number of carbonyl (C=O) groups excluding carboxylic acids is 1. The average molecular weight is 215 g/mol. The summed E-state index contributed by atoms with van der Waals surface area (Å²) in [5.74, 6) is -0.685. The number of alkyl halides is 3. The highest BCUT2D eigenvalue weighted by molar-refractivity contribution is 5.77. The number of hydrogen-bond donors (Lipinski definition) is 2. The van der Waals surface area contributed by atoms with Crippen molar-refractivity contribution in [3.8, 4) is 0 Å². The summed E-state index contributed by atoms with van der Waals surface area (Å²) in [5, 5.41) is 10.9. The molecular weight excluding hydrogens is 203 g/mol. The number of ether oxygens (including phenoxy) is 1. The highest BCUT2D eigenvalue weighted by Crippen LogP contribution is 2.13. The van der Waals surface area contributed by atoms with Gasteiger partial charge in [-0.25, -0.2) is 0 Å². The first kappa shape index (κ1) is 13.2. The Kier molecular flexibility index (Phi) is 5.47. The van der Waals surface area contributed by atoms with E-state index in [-0.39, 0.29) is 6.54 Å². The van der Waals surface area contributed by atoms with Crippen LogP contribution in [0.2, 0.25) is 0 Å². The Hall–Kier alpha value is -0.820. The smallest absolute Gasteiger partial charge is 0.392 e. The average Bonchev–Trinajstić information content (AvgIpc) is 1.98. The Bertz CT molecular complexity index is 182. The van der Waals surface area contributed by atoms with Crippen molar-refractivity contribution in [1.82, 2.24) is 5.32 Å². The molecule has 0 aliphatic rings. The van der Waals surface area contributed by atoms with Crippen LogP contribution in [0.5, 0.6) is 0 Å². The molecule has 7 heteroatoms. The normalized spacial score (nSPS) is 13.8.